The first kappa shape index (κ1) is 16.2. The van der Waals surface area contributed by atoms with Gasteiger partial charge in [-0.3, -0.25) is 9.36 Å². The van der Waals surface area contributed by atoms with Crippen LogP contribution >= 0.6 is 0 Å². The van der Waals surface area contributed by atoms with Crippen LogP contribution < -0.4 is 11.3 Å². The average Bonchev–Trinajstić information content (AvgIpc) is 3.46. The Balaban J connectivity index is 1.56. The first-order chi connectivity index (χ1) is 12.6. The number of rotatable bonds is 2. The Morgan fingerprint density at radius 2 is 1.73 bits per heavy atom. The molecular formula is C22H19N3O. The molecule has 4 nitrogen and oxygen atoms in total. The Morgan fingerprint density at radius 3 is 2.50 bits per heavy atom. The summed E-state index contributed by atoms with van der Waals surface area (Å²) in [7, 11) is 1.63. The maximum Gasteiger partial charge on any atom is 0.254 e. The summed E-state index contributed by atoms with van der Waals surface area (Å²) >= 11 is 0. The molecule has 1 heterocycles. The zero-order valence-corrected chi connectivity index (χ0v) is 14.5. The van der Waals surface area contributed by atoms with Crippen molar-refractivity contribution in [3.05, 3.63) is 93.4 Å². The number of benzene rings is 2. The molecule has 1 aliphatic carbocycles. The van der Waals surface area contributed by atoms with E-state index < -0.39 is 0 Å². The monoisotopic (exact) mass is 341 g/mol. The molecule has 0 aliphatic heterocycles. The van der Waals surface area contributed by atoms with Crippen LogP contribution in [-0.4, -0.2) is 9.55 Å². The predicted octanol–water partition coefficient (Wildman–Crippen LogP) is 3.03. The van der Waals surface area contributed by atoms with E-state index in [2.05, 4.69) is 29.0 Å². The van der Waals surface area contributed by atoms with Gasteiger partial charge in [0.1, 0.15) is 0 Å². The van der Waals surface area contributed by atoms with Gasteiger partial charge in [0.2, 0.25) is 5.95 Å². The van der Waals surface area contributed by atoms with Crippen molar-refractivity contribution in [2.75, 3.05) is 5.73 Å². The molecule has 1 aromatic heterocycles. The number of hydrogen-bond donors (Lipinski definition) is 1. The van der Waals surface area contributed by atoms with Gasteiger partial charge in [0.25, 0.3) is 5.56 Å². The van der Waals surface area contributed by atoms with Crippen molar-refractivity contribution in [1.82, 2.24) is 9.55 Å². The lowest BCUT2D eigenvalue weighted by atomic mass is 10.0. The van der Waals surface area contributed by atoms with Crippen LogP contribution in [0.3, 0.4) is 0 Å². The molecule has 4 heteroatoms. The molecule has 2 aromatic carbocycles. The van der Waals surface area contributed by atoms with Gasteiger partial charge >= 0.3 is 0 Å². The summed E-state index contributed by atoms with van der Waals surface area (Å²) in [5.74, 6) is 7.30. The van der Waals surface area contributed by atoms with E-state index in [1.807, 2.05) is 42.5 Å². The number of nitrogens with two attached hydrogens (primary N) is 1. The number of aromatic nitrogens is 2. The summed E-state index contributed by atoms with van der Waals surface area (Å²) in [5.41, 5.74) is 9.73. The fourth-order valence-electron chi connectivity index (χ4n) is 3.17. The smallest absolute Gasteiger partial charge is 0.254 e. The molecule has 4 rings (SSSR count). The second kappa shape index (κ2) is 6.53. The second-order valence-corrected chi connectivity index (χ2v) is 6.63. The molecule has 0 spiro atoms. The van der Waals surface area contributed by atoms with Crippen molar-refractivity contribution in [2.45, 2.75) is 18.3 Å². The zero-order valence-electron chi connectivity index (χ0n) is 14.5. The first-order valence-corrected chi connectivity index (χ1v) is 8.62. The van der Waals surface area contributed by atoms with Crippen molar-refractivity contribution in [1.29, 1.82) is 0 Å². The Morgan fingerprint density at radius 1 is 1.00 bits per heavy atom. The molecule has 0 radical (unpaired) electrons. The molecule has 3 aromatic rings. The topological polar surface area (TPSA) is 60.9 Å². The fraction of sp³-hybridized carbons (Fsp3) is 0.182. The molecule has 0 saturated heterocycles. The van der Waals surface area contributed by atoms with Gasteiger partial charge in [-0.25, -0.2) is 4.98 Å². The van der Waals surface area contributed by atoms with Crippen LogP contribution in [0.15, 0.2) is 65.5 Å². The molecular weight excluding hydrogens is 322 g/mol. The van der Waals surface area contributed by atoms with Crippen molar-refractivity contribution < 1.29 is 0 Å². The first-order valence-electron chi connectivity index (χ1n) is 8.62. The molecule has 2 atom stereocenters. The summed E-state index contributed by atoms with van der Waals surface area (Å²) < 4.78 is 1.36. The lowest BCUT2D eigenvalue weighted by molar-refractivity contribution is 0.813. The van der Waals surface area contributed by atoms with Crippen LogP contribution in [0.2, 0.25) is 0 Å². The predicted molar refractivity (Wildman–Crippen MR) is 103 cm³/mol. The molecule has 0 bridgehead atoms. The Hall–Kier alpha value is -3.32. The molecule has 26 heavy (non-hydrogen) atoms. The van der Waals surface area contributed by atoms with Crippen molar-refractivity contribution >= 4 is 5.95 Å². The van der Waals surface area contributed by atoms with Gasteiger partial charge in [0.05, 0.1) is 5.69 Å². The highest BCUT2D eigenvalue weighted by Crippen LogP contribution is 2.53. The van der Waals surface area contributed by atoms with E-state index in [1.54, 1.807) is 13.1 Å². The third-order valence-electron chi connectivity index (χ3n) is 4.80. The molecule has 2 N–H and O–H groups in total. The Labute approximate surface area is 152 Å². The van der Waals surface area contributed by atoms with E-state index in [0.29, 0.717) is 5.92 Å². The summed E-state index contributed by atoms with van der Waals surface area (Å²) in [5, 5.41) is 0. The minimum Gasteiger partial charge on any atom is -0.369 e. The molecule has 1 fully saturated rings. The molecule has 1 aliphatic rings. The highest BCUT2D eigenvalue weighted by atomic mass is 16.1. The van der Waals surface area contributed by atoms with Gasteiger partial charge in [-0.1, -0.05) is 42.2 Å². The number of nitrogens with zero attached hydrogens (tertiary/aromatic N) is 2. The van der Waals surface area contributed by atoms with Gasteiger partial charge in [-0.15, -0.1) is 0 Å². The van der Waals surface area contributed by atoms with Gasteiger partial charge in [-0.05, 0) is 42.2 Å². The molecule has 128 valence electrons. The van der Waals surface area contributed by atoms with Gasteiger partial charge in [0.15, 0.2) is 0 Å². The SMILES string of the molecule is Cn1c(N)nc([C@H]2C[C@H]2c2cccc(C#Cc3ccccc3)c2)cc1=O. The quantitative estimate of drug-likeness (QED) is 0.729. The van der Waals surface area contributed by atoms with Crippen LogP contribution in [0, 0.1) is 11.8 Å². The fourth-order valence-corrected chi connectivity index (χ4v) is 3.17. The van der Waals surface area contributed by atoms with Crippen molar-refractivity contribution in [3.63, 3.8) is 0 Å². The summed E-state index contributed by atoms with van der Waals surface area (Å²) in [6, 6.07) is 19.8. The second-order valence-electron chi connectivity index (χ2n) is 6.63. The number of nitrogen functional groups attached to an aromatic ring is 1. The average molecular weight is 341 g/mol. The third-order valence-corrected chi connectivity index (χ3v) is 4.80. The van der Waals surface area contributed by atoms with E-state index >= 15 is 0 Å². The van der Waals surface area contributed by atoms with Crippen LogP contribution in [0.1, 0.15) is 40.6 Å². The number of anilines is 1. The lowest BCUT2D eigenvalue weighted by Crippen LogP contribution is -2.21. The van der Waals surface area contributed by atoms with E-state index in [9.17, 15) is 4.79 Å². The molecule has 1 saturated carbocycles. The third kappa shape index (κ3) is 3.25. The Kier molecular flexibility index (Phi) is 4.06. The molecule has 0 unspecified atom stereocenters. The maximum absolute atomic E-state index is 11.9. The number of hydrogen-bond acceptors (Lipinski definition) is 3. The zero-order chi connectivity index (χ0) is 18.1. The highest BCUT2D eigenvalue weighted by Gasteiger charge is 2.41. The summed E-state index contributed by atoms with van der Waals surface area (Å²) in [6.07, 6.45) is 0.981. The summed E-state index contributed by atoms with van der Waals surface area (Å²) in [4.78, 5) is 16.3. The van der Waals surface area contributed by atoms with Crippen LogP contribution in [0.5, 0.6) is 0 Å². The van der Waals surface area contributed by atoms with E-state index in [-0.39, 0.29) is 17.4 Å². The van der Waals surface area contributed by atoms with Gasteiger partial charge < -0.3 is 5.73 Å². The van der Waals surface area contributed by atoms with Crippen molar-refractivity contribution in [3.8, 4) is 11.8 Å². The largest absolute Gasteiger partial charge is 0.369 e. The van der Waals surface area contributed by atoms with E-state index in [0.717, 1.165) is 23.2 Å². The summed E-state index contributed by atoms with van der Waals surface area (Å²) in [6.45, 7) is 0. The lowest BCUT2D eigenvalue weighted by Gasteiger charge is -2.05. The van der Waals surface area contributed by atoms with Gasteiger partial charge in [-0.2, -0.15) is 0 Å². The normalized spacial score (nSPS) is 18.0. The highest BCUT2D eigenvalue weighted by molar-refractivity contribution is 5.46. The van der Waals surface area contributed by atoms with Gasteiger partial charge in [0, 0.05) is 30.2 Å². The van der Waals surface area contributed by atoms with Crippen LogP contribution in [0.4, 0.5) is 5.95 Å². The standard InChI is InChI=1S/C22H19N3O/c1-25-21(26)14-20(24-22(25)23)19-13-18(19)17-9-5-8-16(12-17)11-10-15-6-3-2-4-7-15/h2-9,12,14,18-19H,13H2,1H3,(H2,23,24)/t18-,19-/m0/s1. The van der Waals surface area contributed by atoms with Crippen LogP contribution in [0.25, 0.3) is 0 Å². The van der Waals surface area contributed by atoms with Crippen LogP contribution in [-0.2, 0) is 7.05 Å². The van der Waals surface area contributed by atoms with Crippen molar-refractivity contribution in [2.24, 2.45) is 7.05 Å². The minimum absolute atomic E-state index is 0.111. The maximum atomic E-state index is 11.9. The molecule has 0 amide bonds. The van der Waals surface area contributed by atoms with E-state index in [1.165, 1.54) is 10.1 Å². The van der Waals surface area contributed by atoms with E-state index in [4.69, 9.17) is 5.73 Å². The minimum atomic E-state index is -0.111. The Bertz CT molecular complexity index is 1070.